The van der Waals surface area contributed by atoms with Crippen LogP contribution in [-0.4, -0.2) is 49.0 Å². The van der Waals surface area contributed by atoms with Crippen LogP contribution >= 0.6 is 11.6 Å². The second-order valence-electron chi connectivity index (χ2n) is 7.56. The maximum absolute atomic E-state index is 6.08. The van der Waals surface area contributed by atoms with Crippen LogP contribution in [-0.2, 0) is 17.6 Å². The highest BCUT2D eigenvalue weighted by molar-refractivity contribution is 6.30. The Morgan fingerprint density at radius 1 is 1.10 bits per heavy atom. The standard InChI is InChI=1S/C22H22ClN7O/c23-17-3-1-2-15(12-17)4-5-20-28-29-21-13-16(14-25-30(20)21)19-6-9-24-22(27-19)26-18-7-10-31-11-8-18/h1-3,6,9,12-14,18H,4-5,7-8,10-11H2,(H,24,26,27). The highest BCUT2D eigenvalue weighted by Gasteiger charge is 2.15. The van der Waals surface area contributed by atoms with Gasteiger partial charge in [-0.15, -0.1) is 10.2 Å². The third-order valence-corrected chi connectivity index (χ3v) is 5.59. The highest BCUT2D eigenvalue weighted by atomic mass is 35.5. The molecule has 0 bridgehead atoms. The number of aryl methyl sites for hydroxylation is 2. The second kappa shape index (κ2) is 8.95. The van der Waals surface area contributed by atoms with Crippen LogP contribution in [0.2, 0.25) is 5.02 Å². The number of ether oxygens (including phenoxy) is 1. The fourth-order valence-electron chi connectivity index (χ4n) is 3.70. The predicted molar refractivity (Wildman–Crippen MR) is 118 cm³/mol. The smallest absolute Gasteiger partial charge is 0.223 e. The van der Waals surface area contributed by atoms with Crippen molar-refractivity contribution in [2.45, 2.75) is 31.7 Å². The minimum absolute atomic E-state index is 0.336. The number of fused-ring (bicyclic) bond motifs is 1. The molecule has 4 heterocycles. The lowest BCUT2D eigenvalue weighted by molar-refractivity contribution is 0.0903. The Balaban J connectivity index is 1.33. The number of rotatable bonds is 6. The number of anilines is 1. The number of nitrogens with one attached hydrogen (secondary N) is 1. The van der Waals surface area contributed by atoms with Crippen molar-refractivity contribution in [3.8, 4) is 11.3 Å². The van der Waals surface area contributed by atoms with E-state index in [1.165, 1.54) is 0 Å². The van der Waals surface area contributed by atoms with E-state index in [1.54, 1.807) is 16.9 Å². The van der Waals surface area contributed by atoms with Crippen LogP contribution in [0.15, 0.2) is 48.8 Å². The molecule has 1 aromatic carbocycles. The van der Waals surface area contributed by atoms with Gasteiger partial charge < -0.3 is 10.1 Å². The van der Waals surface area contributed by atoms with Gasteiger partial charge in [0.1, 0.15) is 0 Å². The lowest BCUT2D eigenvalue weighted by atomic mass is 10.1. The number of halogens is 1. The van der Waals surface area contributed by atoms with Crippen molar-refractivity contribution < 1.29 is 4.74 Å². The molecular formula is C22H22ClN7O. The van der Waals surface area contributed by atoms with Crippen LogP contribution in [0, 0.1) is 0 Å². The van der Waals surface area contributed by atoms with E-state index in [0.717, 1.165) is 66.6 Å². The Bertz CT molecular complexity index is 1190. The summed E-state index contributed by atoms with van der Waals surface area (Å²) < 4.78 is 7.19. The lowest BCUT2D eigenvalue weighted by Gasteiger charge is -2.23. The molecular weight excluding hydrogens is 414 g/mol. The summed E-state index contributed by atoms with van der Waals surface area (Å²) in [7, 11) is 0. The van der Waals surface area contributed by atoms with Gasteiger partial charge in [-0.1, -0.05) is 23.7 Å². The highest BCUT2D eigenvalue weighted by Crippen LogP contribution is 2.20. The fraction of sp³-hybridized carbons (Fsp3) is 0.318. The molecule has 3 aromatic heterocycles. The van der Waals surface area contributed by atoms with E-state index < -0.39 is 0 Å². The average Bonchev–Trinajstić information content (AvgIpc) is 3.21. The van der Waals surface area contributed by atoms with Gasteiger partial charge >= 0.3 is 0 Å². The summed E-state index contributed by atoms with van der Waals surface area (Å²) in [6, 6.07) is 12.0. The maximum Gasteiger partial charge on any atom is 0.223 e. The van der Waals surface area contributed by atoms with Gasteiger partial charge in [-0.2, -0.15) is 9.61 Å². The van der Waals surface area contributed by atoms with Crippen LogP contribution in [0.3, 0.4) is 0 Å². The van der Waals surface area contributed by atoms with E-state index in [0.29, 0.717) is 17.6 Å². The molecule has 4 aromatic rings. The summed E-state index contributed by atoms with van der Waals surface area (Å²) >= 11 is 6.08. The van der Waals surface area contributed by atoms with Crippen molar-refractivity contribution in [3.63, 3.8) is 0 Å². The third-order valence-electron chi connectivity index (χ3n) is 5.36. The van der Waals surface area contributed by atoms with Crippen LogP contribution < -0.4 is 5.32 Å². The first-order valence-electron chi connectivity index (χ1n) is 10.4. The molecule has 5 rings (SSSR count). The summed E-state index contributed by atoms with van der Waals surface area (Å²) in [5.41, 5.74) is 3.52. The molecule has 9 heteroatoms. The van der Waals surface area contributed by atoms with Gasteiger partial charge in [-0.25, -0.2) is 9.97 Å². The Labute approximate surface area is 184 Å². The van der Waals surface area contributed by atoms with Gasteiger partial charge in [-0.05, 0) is 49.1 Å². The molecule has 1 aliphatic rings. The average molecular weight is 436 g/mol. The van der Waals surface area contributed by atoms with Gasteiger partial charge in [0.2, 0.25) is 5.95 Å². The summed E-state index contributed by atoms with van der Waals surface area (Å²) in [6.07, 6.45) is 7.00. The summed E-state index contributed by atoms with van der Waals surface area (Å²) in [5, 5.41) is 17.3. The molecule has 31 heavy (non-hydrogen) atoms. The first-order valence-corrected chi connectivity index (χ1v) is 10.7. The Hall–Kier alpha value is -3.10. The van der Waals surface area contributed by atoms with Crippen LogP contribution in [0.4, 0.5) is 5.95 Å². The SMILES string of the molecule is Clc1cccc(CCc2nnc3cc(-c4ccnc(NC5CCOCC5)n4)cnn23)c1. The van der Waals surface area contributed by atoms with E-state index in [9.17, 15) is 0 Å². The van der Waals surface area contributed by atoms with E-state index >= 15 is 0 Å². The summed E-state index contributed by atoms with van der Waals surface area (Å²) in [6.45, 7) is 1.54. The van der Waals surface area contributed by atoms with E-state index in [1.807, 2.05) is 30.3 Å². The maximum atomic E-state index is 6.08. The minimum atomic E-state index is 0.336. The van der Waals surface area contributed by atoms with Crippen LogP contribution in [0.25, 0.3) is 16.9 Å². The third kappa shape index (κ3) is 4.65. The predicted octanol–water partition coefficient (Wildman–Crippen LogP) is 3.61. The normalized spacial score (nSPS) is 14.7. The van der Waals surface area contributed by atoms with Crippen LogP contribution in [0.1, 0.15) is 24.2 Å². The van der Waals surface area contributed by atoms with Crippen molar-refractivity contribution in [2.75, 3.05) is 18.5 Å². The van der Waals surface area contributed by atoms with Gasteiger partial charge in [0.15, 0.2) is 11.5 Å². The molecule has 1 fully saturated rings. The zero-order valence-electron chi connectivity index (χ0n) is 16.9. The largest absolute Gasteiger partial charge is 0.381 e. The molecule has 8 nitrogen and oxygen atoms in total. The van der Waals surface area contributed by atoms with E-state index in [-0.39, 0.29) is 0 Å². The topological polar surface area (TPSA) is 90.1 Å². The van der Waals surface area contributed by atoms with Gasteiger partial charge in [0.25, 0.3) is 0 Å². The molecule has 1 N–H and O–H groups in total. The molecule has 0 radical (unpaired) electrons. The molecule has 0 spiro atoms. The summed E-state index contributed by atoms with van der Waals surface area (Å²) in [5.74, 6) is 1.43. The molecule has 158 valence electrons. The van der Waals surface area contributed by atoms with Crippen molar-refractivity contribution in [2.24, 2.45) is 0 Å². The quantitative estimate of drug-likeness (QED) is 0.494. The van der Waals surface area contributed by atoms with E-state index in [4.69, 9.17) is 16.3 Å². The zero-order chi connectivity index (χ0) is 21.0. The van der Waals surface area contributed by atoms with E-state index in [2.05, 4.69) is 36.6 Å². The first kappa shape index (κ1) is 19.8. The molecule has 0 unspecified atom stereocenters. The molecule has 1 aliphatic heterocycles. The van der Waals surface area contributed by atoms with Gasteiger partial charge in [0, 0.05) is 42.5 Å². The number of hydrogen-bond donors (Lipinski definition) is 1. The first-order chi connectivity index (χ1) is 15.2. The molecule has 0 atom stereocenters. The second-order valence-corrected chi connectivity index (χ2v) is 7.99. The molecule has 1 saturated heterocycles. The Morgan fingerprint density at radius 3 is 2.87 bits per heavy atom. The summed E-state index contributed by atoms with van der Waals surface area (Å²) in [4.78, 5) is 9.02. The zero-order valence-corrected chi connectivity index (χ0v) is 17.7. The van der Waals surface area contributed by atoms with Crippen molar-refractivity contribution in [1.29, 1.82) is 0 Å². The number of nitrogens with zero attached hydrogens (tertiary/aromatic N) is 6. The fourth-order valence-corrected chi connectivity index (χ4v) is 3.91. The van der Waals surface area contributed by atoms with Crippen molar-refractivity contribution >= 4 is 23.2 Å². The number of aromatic nitrogens is 6. The van der Waals surface area contributed by atoms with Crippen molar-refractivity contribution in [1.82, 2.24) is 29.8 Å². The lowest BCUT2D eigenvalue weighted by Crippen LogP contribution is -2.28. The van der Waals surface area contributed by atoms with Crippen molar-refractivity contribution in [3.05, 3.63) is 65.2 Å². The monoisotopic (exact) mass is 435 g/mol. The molecule has 0 aliphatic carbocycles. The Morgan fingerprint density at radius 2 is 2.00 bits per heavy atom. The van der Waals surface area contributed by atoms with Gasteiger partial charge in [-0.3, -0.25) is 0 Å². The number of benzene rings is 1. The van der Waals surface area contributed by atoms with Gasteiger partial charge in [0.05, 0.1) is 11.9 Å². The Kier molecular flexibility index (Phi) is 5.73. The molecule has 0 amide bonds. The number of hydrogen-bond acceptors (Lipinski definition) is 7. The molecule has 0 saturated carbocycles. The van der Waals surface area contributed by atoms with Crippen LogP contribution in [0.5, 0.6) is 0 Å². The minimum Gasteiger partial charge on any atom is -0.381 e.